The molecule has 9 heteroatoms. The van der Waals surface area contributed by atoms with E-state index >= 15 is 0 Å². The Morgan fingerprint density at radius 2 is 1.74 bits per heavy atom. The molecule has 0 fully saturated rings. The average molecular weight is 489 g/mol. The molecule has 5 heterocycles. The summed E-state index contributed by atoms with van der Waals surface area (Å²) in [5.41, 5.74) is 2.31. The number of hydrogen-bond acceptors (Lipinski definition) is 6. The lowest BCUT2D eigenvalue weighted by molar-refractivity contribution is 0.103. The third-order valence-corrected chi connectivity index (χ3v) is 8.29. The lowest BCUT2D eigenvalue weighted by Crippen LogP contribution is -2.24. The number of anilines is 1. The normalized spacial score (nSPS) is 15.8. The molecule has 0 saturated carbocycles. The zero-order valence-electron chi connectivity index (χ0n) is 19.8. The monoisotopic (exact) mass is 488 g/mol. The van der Waals surface area contributed by atoms with E-state index in [1.807, 2.05) is 35.8 Å². The number of carbonyl (C=O) groups is 1. The Kier molecular flexibility index (Phi) is 5.72. The van der Waals surface area contributed by atoms with Gasteiger partial charge in [0.25, 0.3) is 11.5 Å². The van der Waals surface area contributed by atoms with E-state index in [1.165, 1.54) is 17.8 Å². The third kappa shape index (κ3) is 3.97. The van der Waals surface area contributed by atoms with Crippen LogP contribution in [-0.4, -0.2) is 30.2 Å². The van der Waals surface area contributed by atoms with Crippen LogP contribution in [0, 0.1) is 6.92 Å². The topological polar surface area (TPSA) is 94.7 Å². The summed E-state index contributed by atoms with van der Waals surface area (Å²) in [7, 11) is 0. The molecular weight excluding hydrogens is 460 g/mol. The lowest BCUT2D eigenvalue weighted by atomic mass is 10.1. The summed E-state index contributed by atoms with van der Waals surface area (Å²) < 4.78 is 4.01. The number of aryl methyl sites for hydroxylation is 3. The minimum Gasteiger partial charge on any atom is -0.321 e. The van der Waals surface area contributed by atoms with Gasteiger partial charge < -0.3 is 9.88 Å². The van der Waals surface area contributed by atoms with E-state index in [1.54, 1.807) is 0 Å². The molecule has 0 saturated heterocycles. The summed E-state index contributed by atoms with van der Waals surface area (Å²) in [6.45, 7) is 3.47. The lowest BCUT2D eigenvalue weighted by Gasteiger charge is -2.09. The van der Waals surface area contributed by atoms with Gasteiger partial charge in [-0.1, -0.05) is 25.0 Å². The number of carbonyl (C=O) groups excluding carboxylic acids is 1. The first-order chi connectivity index (χ1) is 17.1. The molecule has 6 rings (SSSR count). The SMILES string of the molecule is Cc1c(C(=O)Nc2cccc(-c3nnc4n3CCCCC4)c2)sc2nc3n(c(=O)c12)CCCCC3. The molecular formula is C26H28N6O2S. The van der Waals surface area contributed by atoms with Gasteiger partial charge in [-0.05, 0) is 50.3 Å². The van der Waals surface area contributed by atoms with Gasteiger partial charge in [0.15, 0.2) is 5.82 Å². The Balaban J connectivity index is 1.31. The van der Waals surface area contributed by atoms with Crippen molar-refractivity contribution in [3.8, 4) is 11.4 Å². The maximum absolute atomic E-state index is 13.3. The first-order valence-corrected chi connectivity index (χ1v) is 13.3. The highest BCUT2D eigenvalue weighted by atomic mass is 32.1. The number of nitrogens with zero attached hydrogens (tertiary/aromatic N) is 5. The molecule has 0 spiro atoms. The fraction of sp³-hybridized carbons (Fsp3) is 0.423. The molecule has 35 heavy (non-hydrogen) atoms. The van der Waals surface area contributed by atoms with Gasteiger partial charge in [-0.15, -0.1) is 21.5 Å². The Morgan fingerprint density at radius 1 is 0.971 bits per heavy atom. The van der Waals surface area contributed by atoms with Crippen molar-refractivity contribution in [3.63, 3.8) is 0 Å². The molecule has 4 aromatic rings. The second-order valence-corrected chi connectivity index (χ2v) is 10.5. The van der Waals surface area contributed by atoms with Crippen molar-refractivity contribution in [2.45, 2.75) is 71.4 Å². The van der Waals surface area contributed by atoms with E-state index in [0.717, 1.165) is 74.5 Å². The van der Waals surface area contributed by atoms with E-state index in [-0.39, 0.29) is 11.5 Å². The Morgan fingerprint density at radius 3 is 2.57 bits per heavy atom. The van der Waals surface area contributed by atoms with Crippen LogP contribution in [0.1, 0.15) is 65.4 Å². The van der Waals surface area contributed by atoms with Crippen LogP contribution in [0.5, 0.6) is 0 Å². The highest BCUT2D eigenvalue weighted by Gasteiger charge is 2.23. The largest absolute Gasteiger partial charge is 0.321 e. The van der Waals surface area contributed by atoms with E-state index in [9.17, 15) is 9.59 Å². The van der Waals surface area contributed by atoms with Crippen LogP contribution in [0.25, 0.3) is 21.6 Å². The second-order valence-electron chi connectivity index (χ2n) is 9.47. The Bertz CT molecular complexity index is 1500. The van der Waals surface area contributed by atoms with Crippen molar-refractivity contribution in [2.24, 2.45) is 0 Å². The molecule has 2 aliphatic heterocycles. The molecule has 3 aromatic heterocycles. The fourth-order valence-electron chi connectivity index (χ4n) is 5.25. The summed E-state index contributed by atoms with van der Waals surface area (Å²) in [6.07, 6.45) is 8.37. The van der Waals surface area contributed by atoms with Crippen molar-refractivity contribution in [1.82, 2.24) is 24.3 Å². The van der Waals surface area contributed by atoms with Crippen LogP contribution < -0.4 is 10.9 Å². The van der Waals surface area contributed by atoms with Crippen molar-refractivity contribution in [3.05, 3.63) is 56.7 Å². The Hall–Kier alpha value is -3.33. The number of nitrogens with one attached hydrogen (secondary N) is 1. The number of thiophene rings is 1. The maximum atomic E-state index is 13.3. The number of amides is 1. The third-order valence-electron chi connectivity index (χ3n) is 7.11. The van der Waals surface area contributed by atoms with Gasteiger partial charge in [0.2, 0.25) is 0 Å². The highest BCUT2D eigenvalue weighted by Crippen LogP contribution is 2.30. The molecule has 1 amide bonds. The van der Waals surface area contributed by atoms with Crippen molar-refractivity contribution >= 4 is 33.1 Å². The average Bonchev–Trinajstić information content (AvgIpc) is 3.18. The Labute approximate surface area is 207 Å². The van der Waals surface area contributed by atoms with Gasteiger partial charge in [0.05, 0.1) is 10.3 Å². The van der Waals surface area contributed by atoms with Crippen molar-refractivity contribution in [2.75, 3.05) is 5.32 Å². The molecule has 0 aliphatic carbocycles. The van der Waals surface area contributed by atoms with Crippen LogP contribution >= 0.6 is 11.3 Å². The molecule has 2 aliphatic rings. The smallest absolute Gasteiger partial charge is 0.266 e. The number of benzene rings is 1. The molecule has 8 nitrogen and oxygen atoms in total. The number of fused-ring (bicyclic) bond motifs is 3. The summed E-state index contributed by atoms with van der Waals surface area (Å²) >= 11 is 1.30. The van der Waals surface area contributed by atoms with Gasteiger partial charge in [0, 0.05) is 37.2 Å². The summed E-state index contributed by atoms with van der Waals surface area (Å²) in [5, 5.41) is 12.5. The second kappa shape index (κ2) is 9.03. The van der Waals surface area contributed by atoms with Crippen molar-refractivity contribution in [1.29, 1.82) is 0 Å². The zero-order chi connectivity index (χ0) is 23.9. The highest BCUT2D eigenvalue weighted by molar-refractivity contribution is 7.20. The van der Waals surface area contributed by atoms with Crippen LogP contribution in [0.3, 0.4) is 0 Å². The number of aromatic nitrogens is 5. The maximum Gasteiger partial charge on any atom is 0.266 e. The molecule has 0 atom stereocenters. The van der Waals surface area contributed by atoms with Crippen LogP contribution in [0.15, 0.2) is 29.1 Å². The number of hydrogen-bond donors (Lipinski definition) is 1. The molecule has 1 aromatic carbocycles. The molecule has 0 bridgehead atoms. The summed E-state index contributed by atoms with van der Waals surface area (Å²) in [4.78, 5) is 32.5. The van der Waals surface area contributed by atoms with E-state index < -0.39 is 0 Å². The molecule has 0 radical (unpaired) electrons. The predicted molar refractivity (Wildman–Crippen MR) is 137 cm³/mol. The summed E-state index contributed by atoms with van der Waals surface area (Å²) in [6, 6.07) is 7.74. The zero-order valence-corrected chi connectivity index (χ0v) is 20.7. The van der Waals surface area contributed by atoms with Gasteiger partial charge in [-0.2, -0.15) is 0 Å². The van der Waals surface area contributed by atoms with E-state index in [4.69, 9.17) is 4.98 Å². The van der Waals surface area contributed by atoms with Gasteiger partial charge in [-0.25, -0.2) is 4.98 Å². The first kappa shape index (κ1) is 22.2. The van der Waals surface area contributed by atoms with E-state index in [0.29, 0.717) is 32.9 Å². The fourth-order valence-corrected chi connectivity index (χ4v) is 6.33. The van der Waals surface area contributed by atoms with Crippen molar-refractivity contribution < 1.29 is 4.79 Å². The molecule has 180 valence electrons. The van der Waals surface area contributed by atoms with Gasteiger partial charge in [-0.3, -0.25) is 14.2 Å². The minimum absolute atomic E-state index is 0.0193. The van der Waals surface area contributed by atoms with Gasteiger partial charge >= 0.3 is 0 Å². The summed E-state index contributed by atoms with van der Waals surface area (Å²) in [5.74, 6) is 2.50. The van der Waals surface area contributed by atoms with E-state index in [2.05, 4.69) is 20.1 Å². The number of rotatable bonds is 3. The quantitative estimate of drug-likeness (QED) is 0.450. The first-order valence-electron chi connectivity index (χ1n) is 12.5. The molecule has 0 unspecified atom stereocenters. The van der Waals surface area contributed by atoms with Crippen LogP contribution in [-0.2, 0) is 25.9 Å². The van der Waals surface area contributed by atoms with Gasteiger partial charge in [0.1, 0.15) is 16.5 Å². The molecule has 1 N–H and O–H groups in total. The van der Waals surface area contributed by atoms with Crippen LogP contribution in [0.4, 0.5) is 5.69 Å². The standard InChI is InChI=1S/C26H28N6O2S/c1-16-21-25(28-19-11-4-2-7-14-32(19)26(21)34)35-22(16)24(33)27-18-10-8-9-17(15-18)23-30-29-20-12-5-3-6-13-31(20)23/h8-10,15H,2-7,11-14H2,1H3,(H,27,33). The predicted octanol–water partition coefficient (Wildman–Crippen LogP) is 4.73. The minimum atomic E-state index is -0.220. The van der Waals surface area contributed by atoms with Crippen LogP contribution in [0.2, 0.25) is 0 Å².